The third-order valence-electron chi connectivity index (χ3n) is 3.09. The van der Waals surface area contributed by atoms with Gasteiger partial charge >= 0.3 is 11.8 Å². The summed E-state index contributed by atoms with van der Waals surface area (Å²) < 4.78 is 13.1. The lowest BCUT2D eigenvalue weighted by Gasteiger charge is -2.22. The minimum Gasteiger partial charge on any atom is -0.334 e. The van der Waals surface area contributed by atoms with Crippen molar-refractivity contribution in [1.29, 1.82) is 0 Å². The molecule has 7 heteroatoms. The summed E-state index contributed by atoms with van der Waals surface area (Å²) in [6, 6.07) is 3.71. The van der Waals surface area contributed by atoms with Crippen LogP contribution in [-0.4, -0.2) is 41.3 Å². The number of thioether (sulfide) groups is 1. The fraction of sp³-hybridized carbons (Fsp3) is 0.385. The Morgan fingerprint density at radius 1 is 1.45 bits per heavy atom. The van der Waals surface area contributed by atoms with Crippen LogP contribution in [0.4, 0.5) is 10.1 Å². The van der Waals surface area contributed by atoms with E-state index in [0.717, 1.165) is 30.1 Å². The summed E-state index contributed by atoms with van der Waals surface area (Å²) in [5, 5.41) is 2.53. The highest BCUT2D eigenvalue weighted by Gasteiger charge is 2.28. The van der Waals surface area contributed by atoms with Crippen molar-refractivity contribution >= 4 is 40.9 Å². The Bertz CT molecular complexity index is 515. The van der Waals surface area contributed by atoms with Crippen LogP contribution >= 0.6 is 23.4 Å². The number of hydrogen-bond acceptors (Lipinski definition) is 3. The third-order valence-corrected chi connectivity index (χ3v) is 4.45. The third kappa shape index (κ3) is 3.64. The van der Waals surface area contributed by atoms with Gasteiger partial charge in [-0.05, 0) is 30.4 Å². The summed E-state index contributed by atoms with van der Waals surface area (Å²) in [4.78, 5) is 25.3. The van der Waals surface area contributed by atoms with Crippen molar-refractivity contribution in [1.82, 2.24) is 4.90 Å². The van der Waals surface area contributed by atoms with E-state index < -0.39 is 17.6 Å². The number of likely N-dealkylation sites (N-methyl/N-ethyl adjacent to an activating group) is 1. The number of carbonyl (C=O) groups excluding carboxylic acids is 2. The zero-order chi connectivity index (χ0) is 14.7. The molecule has 1 N–H and O–H groups in total. The molecule has 2 amide bonds. The van der Waals surface area contributed by atoms with Gasteiger partial charge in [0, 0.05) is 29.6 Å². The molecular weight excluding hydrogens is 303 g/mol. The summed E-state index contributed by atoms with van der Waals surface area (Å²) in [7, 11) is 1.61. The quantitative estimate of drug-likeness (QED) is 0.852. The van der Waals surface area contributed by atoms with Crippen LogP contribution in [0.3, 0.4) is 0 Å². The summed E-state index contributed by atoms with van der Waals surface area (Å²) in [5.41, 5.74) is 0.169. The van der Waals surface area contributed by atoms with Gasteiger partial charge in [-0.2, -0.15) is 11.8 Å². The Morgan fingerprint density at radius 2 is 2.20 bits per heavy atom. The molecule has 1 aromatic carbocycles. The average Bonchev–Trinajstić information content (AvgIpc) is 2.89. The number of benzene rings is 1. The lowest BCUT2D eigenvalue weighted by molar-refractivity contribution is -0.143. The first-order valence-electron chi connectivity index (χ1n) is 6.09. The summed E-state index contributed by atoms with van der Waals surface area (Å²) in [6.07, 6.45) is 0.881. The van der Waals surface area contributed by atoms with E-state index in [-0.39, 0.29) is 16.8 Å². The number of nitrogens with zero attached hydrogens (tertiary/aromatic N) is 1. The van der Waals surface area contributed by atoms with E-state index >= 15 is 0 Å². The van der Waals surface area contributed by atoms with Gasteiger partial charge in [-0.25, -0.2) is 4.39 Å². The predicted molar refractivity (Wildman–Crippen MR) is 78.5 cm³/mol. The zero-order valence-corrected chi connectivity index (χ0v) is 12.4. The molecule has 1 aromatic rings. The maximum absolute atomic E-state index is 13.1. The van der Waals surface area contributed by atoms with Gasteiger partial charge in [0.2, 0.25) is 0 Å². The van der Waals surface area contributed by atoms with Crippen LogP contribution < -0.4 is 5.32 Å². The Labute approximate surface area is 125 Å². The highest BCUT2D eigenvalue weighted by atomic mass is 35.5. The second kappa shape index (κ2) is 6.45. The molecule has 1 atom stereocenters. The average molecular weight is 317 g/mol. The molecule has 4 nitrogen and oxygen atoms in total. The number of hydrogen-bond donors (Lipinski definition) is 1. The lowest BCUT2D eigenvalue weighted by atomic mass is 10.2. The SMILES string of the molecule is CN(C(=O)C(=O)Nc1cc(F)cc(Cl)c1)C1CCSC1. The number of anilines is 1. The summed E-state index contributed by atoms with van der Waals surface area (Å²) >= 11 is 7.44. The number of nitrogens with one attached hydrogen (secondary N) is 1. The molecule has 0 bridgehead atoms. The van der Waals surface area contributed by atoms with Gasteiger partial charge in [0.05, 0.1) is 0 Å². The van der Waals surface area contributed by atoms with E-state index in [2.05, 4.69) is 5.32 Å². The van der Waals surface area contributed by atoms with Gasteiger partial charge in [0.1, 0.15) is 5.82 Å². The monoisotopic (exact) mass is 316 g/mol. The van der Waals surface area contributed by atoms with E-state index in [4.69, 9.17) is 11.6 Å². The van der Waals surface area contributed by atoms with Gasteiger partial charge in [0.15, 0.2) is 0 Å². The lowest BCUT2D eigenvalue weighted by Crippen LogP contribution is -2.43. The maximum atomic E-state index is 13.1. The minimum absolute atomic E-state index is 0.0781. The fourth-order valence-corrected chi connectivity index (χ4v) is 3.45. The summed E-state index contributed by atoms with van der Waals surface area (Å²) in [5.74, 6) is -0.158. The van der Waals surface area contributed by atoms with Gasteiger partial charge in [-0.3, -0.25) is 9.59 Å². The molecule has 1 aliphatic rings. The van der Waals surface area contributed by atoms with Crippen LogP contribution in [-0.2, 0) is 9.59 Å². The minimum atomic E-state index is -0.786. The molecule has 1 unspecified atom stereocenters. The molecule has 0 spiro atoms. The molecular formula is C13H14ClFN2O2S. The van der Waals surface area contributed by atoms with Gasteiger partial charge in [0.25, 0.3) is 0 Å². The fourth-order valence-electron chi connectivity index (χ4n) is 1.96. The maximum Gasteiger partial charge on any atom is 0.313 e. The van der Waals surface area contributed by atoms with Crippen molar-refractivity contribution in [2.24, 2.45) is 0 Å². The predicted octanol–water partition coefficient (Wildman–Crippen LogP) is 2.38. The van der Waals surface area contributed by atoms with E-state index in [1.807, 2.05) is 0 Å². The smallest absolute Gasteiger partial charge is 0.313 e. The van der Waals surface area contributed by atoms with Crippen molar-refractivity contribution in [2.75, 3.05) is 23.9 Å². The zero-order valence-electron chi connectivity index (χ0n) is 10.9. The first kappa shape index (κ1) is 15.1. The van der Waals surface area contributed by atoms with Crippen LogP contribution in [0, 0.1) is 5.82 Å². The molecule has 1 heterocycles. The van der Waals surface area contributed by atoms with Gasteiger partial charge in [-0.15, -0.1) is 0 Å². The second-order valence-electron chi connectivity index (χ2n) is 4.55. The van der Waals surface area contributed by atoms with Gasteiger partial charge in [-0.1, -0.05) is 11.6 Å². The first-order chi connectivity index (χ1) is 9.47. The highest BCUT2D eigenvalue weighted by molar-refractivity contribution is 7.99. The topological polar surface area (TPSA) is 49.4 Å². The van der Waals surface area contributed by atoms with Crippen molar-refractivity contribution in [2.45, 2.75) is 12.5 Å². The van der Waals surface area contributed by atoms with Crippen molar-refractivity contribution in [3.63, 3.8) is 0 Å². The van der Waals surface area contributed by atoms with E-state index in [0.29, 0.717) is 0 Å². The summed E-state index contributed by atoms with van der Waals surface area (Å²) in [6.45, 7) is 0. The van der Waals surface area contributed by atoms with Gasteiger partial charge < -0.3 is 10.2 Å². The van der Waals surface area contributed by atoms with Crippen LogP contribution in [0.5, 0.6) is 0 Å². The molecule has 0 aliphatic carbocycles. The molecule has 1 fully saturated rings. The number of rotatable bonds is 2. The van der Waals surface area contributed by atoms with Crippen molar-refractivity contribution in [3.05, 3.63) is 29.0 Å². The molecule has 2 rings (SSSR count). The van der Waals surface area contributed by atoms with Crippen LogP contribution in [0.25, 0.3) is 0 Å². The van der Waals surface area contributed by atoms with E-state index in [1.54, 1.807) is 18.8 Å². The largest absolute Gasteiger partial charge is 0.334 e. The molecule has 1 aliphatic heterocycles. The van der Waals surface area contributed by atoms with Crippen LogP contribution in [0.15, 0.2) is 18.2 Å². The number of carbonyl (C=O) groups is 2. The van der Waals surface area contributed by atoms with Crippen molar-refractivity contribution < 1.29 is 14.0 Å². The van der Waals surface area contributed by atoms with E-state index in [9.17, 15) is 14.0 Å². The highest BCUT2D eigenvalue weighted by Crippen LogP contribution is 2.22. The molecule has 0 radical (unpaired) electrons. The number of halogens is 2. The molecule has 0 aromatic heterocycles. The van der Waals surface area contributed by atoms with Crippen LogP contribution in [0.1, 0.15) is 6.42 Å². The Kier molecular flexibility index (Phi) is 4.88. The standard InChI is InChI=1S/C13H14ClFN2O2S/c1-17(11-2-3-20-7-11)13(19)12(18)16-10-5-8(14)4-9(15)6-10/h4-6,11H,2-3,7H2,1H3,(H,16,18). The first-order valence-corrected chi connectivity index (χ1v) is 7.62. The normalized spacial score (nSPS) is 17.9. The Balaban J connectivity index is 2.01. The molecule has 1 saturated heterocycles. The Morgan fingerprint density at radius 3 is 2.80 bits per heavy atom. The molecule has 0 saturated carbocycles. The van der Waals surface area contributed by atoms with Crippen molar-refractivity contribution in [3.8, 4) is 0 Å². The van der Waals surface area contributed by atoms with Crippen LogP contribution in [0.2, 0.25) is 5.02 Å². The molecule has 108 valence electrons. The number of amides is 2. The second-order valence-corrected chi connectivity index (χ2v) is 6.13. The molecule has 20 heavy (non-hydrogen) atoms. The Hall–Kier alpha value is -1.27. The van der Waals surface area contributed by atoms with E-state index in [1.165, 1.54) is 11.0 Å².